The van der Waals surface area contributed by atoms with Gasteiger partial charge >= 0.3 is 0 Å². The van der Waals surface area contributed by atoms with Gasteiger partial charge in [-0.2, -0.15) is 0 Å². The van der Waals surface area contributed by atoms with Gasteiger partial charge in [0, 0.05) is 17.5 Å². The number of thiophene rings is 1. The quantitative estimate of drug-likeness (QED) is 0.800. The SMILES string of the molecule is CC(C)CC1CCCN1CC(O)COCc1cccs1. The number of aliphatic hydroxyl groups is 1. The third-order valence-corrected chi connectivity index (χ3v) is 4.67. The molecule has 1 saturated heterocycles. The minimum Gasteiger partial charge on any atom is -0.389 e. The molecule has 20 heavy (non-hydrogen) atoms. The second-order valence-electron chi connectivity index (χ2n) is 6.17. The van der Waals surface area contributed by atoms with Crippen molar-refractivity contribution in [2.24, 2.45) is 5.92 Å². The van der Waals surface area contributed by atoms with Crippen molar-refractivity contribution < 1.29 is 9.84 Å². The summed E-state index contributed by atoms with van der Waals surface area (Å²) in [4.78, 5) is 3.66. The van der Waals surface area contributed by atoms with E-state index in [1.165, 1.54) is 24.1 Å². The number of nitrogens with zero attached hydrogens (tertiary/aromatic N) is 1. The molecule has 1 aromatic heterocycles. The van der Waals surface area contributed by atoms with Crippen LogP contribution in [0.1, 0.15) is 38.0 Å². The number of likely N-dealkylation sites (tertiary alicyclic amines) is 1. The third-order valence-electron chi connectivity index (χ3n) is 3.82. The van der Waals surface area contributed by atoms with Gasteiger partial charge in [-0.15, -0.1) is 11.3 Å². The van der Waals surface area contributed by atoms with Gasteiger partial charge < -0.3 is 9.84 Å². The molecule has 114 valence electrons. The van der Waals surface area contributed by atoms with Crippen molar-refractivity contribution in [2.75, 3.05) is 19.7 Å². The van der Waals surface area contributed by atoms with Gasteiger partial charge in [0.25, 0.3) is 0 Å². The highest BCUT2D eigenvalue weighted by Gasteiger charge is 2.26. The Bertz CT molecular complexity index is 367. The number of hydrogen-bond acceptors (Lipinski definition) is 4. The van der Waals surface area contributed by atoms with Crippen LogP contribution >= 0.6 is 11.3 Å². The zero-order chi connectivity index (χ0) is 14.4. The molecule has 2 heterocycles. The Morgan fingerprint density at radius 3 is 3.05 bits per heavy atom. The Morgan fingerprint density at radius 2 is 2.35 bits per heavy atom. The summed E-state index contributed by atoms with van der Waals surface area (Å²) in [6.45, 7) is 7.47. The van der Waals surface area contributed by atoms with Gasteiger partial charge in [-0.3, -0.25) is 4.90 Å². The van der Waals surface area contributed by atoms with E-state index in [1.807, 2.05) is 6.07 Å². The van der Waals surface area contributed by atoms with Gasteiger partial charge in [0.1, 0.15) is 0 Å². The molecule has 3 nitrogen and oxygen atoms in total. The summed E-state index contributed by atoms with van der Waals surface area (Å²) in [7, 11) is 0. The lowest BCUT2D eigenvalue weighted by Gasteiger charge is -2.27. The van der Waals surface area contributed by atoms with Crippen molar-refractivity contribution >= 4 is 11.3 Å². The van der Waals surface area contributed by atoms with Crippen LogP contribution in [0.5, 0.6) is 0 Å². The number of aliphatic hydroxyl groups excluding tert-OH is 1. The molecule has 2 rings (SSSR count). The summed E-state index contributed by atoms with van der Waals surface area (Å²) in [6, 6.07) is 4.75. The van der Waals surface area contributed by atoms with Gasteiger partial charge in [0.2, 0.25) is 0 Å². The summed E-state index contributed by atoms with van der Waals surface area (Å²) < 4.78 is 5.60. The van der Waals surface area contributed by atoms with Crippen LogP contribution in [0.25, 0.3) is 0 Å². The monoisotopic (exact) mass is 297 g/mol. The first kappa shape index (κ1) is 16.0. The molecular weight excluding hydrogens is 270 g/mol. The van der Waals surface area contributed by atoms with Crippen LogP contribution in [0, 0.1) is 5.92 Å². The summed E-state index contributed by atoms with van der Waals surface area (Å²) in [5.41, 5.74) is 0. The van der Waals surface area contributed by atoms with E-state index in [1.54, 1.807) is 11.3 Å². The molecule has 1 aliphatic heterocycles. The van der Waals surface area contributed by atoms with Gasteiger partial charge in [-0.1, -0.05) is 19.9 Å². The molecule has 0 amide bonds. The fourth-order valence-corrected chi connectivity index (χ4v) is 3.60. The van der Waals surface area contributed by atoms with Crippen molar-refractivity contribution in [2.45, 2.75) is 51.9 Å². The predicted octanol–water partition coefficient (Wildman–Crippen LogP) is 3.14. The predicted molar refractivity (Wildman–Crippen MR) is 84.0 cm³/mol. The molecule has 0 aliphatic carbocycles. The van der Waals surface area contributed by atoms with Crippen molar-refractivity contribution in [1.29, 1.82) is 0 Å². The first-order chi connectivity index (χ1) is 9.65. The highest BCUT2D eigenvalue weighted by Crippen LogP contribution is 2.23. The topological polar surface area (TPSA) is 32.7 Å². The van der Waals surface area contributed by atoms with E-state index in [0.29, 0.717) is 19.3 Å². The molecule has 1 aliphatic rings. The minimum absolute atomic E-state index is 0.372. The maximum absolute atomic E-state index is 10.1. The molecule has 1 N–H and O–H groups in total. The molecule has 0 saturated carbocycles. The Labute approximate surface area is 126 Å². The highest BCUT2D eigenvalue weighted by atomic mass is 32.1. The van der Waals surface area contributed by atoms with Gasteiger partial charge in [0.15, 0.2) is 0 Å². The molecule has 2 atom stereocenters. The molecule has 2 unspecified atom stereocenters. The van der Waals surface area contributed by atoms with Gasteiger partial charge in [0.05, 0.1) is 19.3 Å². The standard InChI is InChI=1S/C16H27NO2S/c1-13(2)9-14-5-3-7-17(14)10-15(18)11-19-12-16-6-4-8-20-16/h4,6,8,13-15,18H,3,5,7,9-12H2,1-2H3. The average Bonchev–Trinajstić information content (AvgIpc) is 3.01. The van der Waals surface area contributed by atoms with Crippen LogP contribution in [-0.4, -0.2) is 41.8 Å². The molecule has 4 heteroatoms. The zero-order valence-corrected chi connectivity index (χ0v) is 13.4. The molecule has 0 bridgehead atoms. The lowest BCUT2D eigenvalue weighted by Crippen LogP contribution is -2.38. The molecule has 0 radical (unpaired) electrons. The third kappa shape index (κ3) is 5.17. The van der Waals surface area contributed by atoms with Gasteiger partial charge in [-0.05, 0) is 43.2 Å². The summed E-state index contributed by atoms with van der Waals surface area (Å²) in [5.74, 6) is 0.729. The zero-order valence-electron chi connectivity index (χ0n) is 12.6. The van der Waals surface area contributed by atoms with Crippen molar-refractivity contribution in [3.05, 3.63) is 22.4 Å². The van der Waals surface area contributed by atoms with E-state index in [9.17, 15) is 5.11 Å². The lowest BCUT2D eigenvalue weighted by atomic mass is 10.0. The molecule has 0 spiro atoms. The van der Waals surface area contributed by atoms with Crippen LogP contribution in [-0.2, 0) is 11.3 Å². The molecule has 1 fully saturated rings. The normalized spacial score (nSPS) is 21.7. The smallest absolute Gasteiger partial charge is 0.0900 e. The highest BCUT2D eigenvalue weighted by molar-refractivity contribution is 7.09. The summed E-state index contributed by atoms with van der Waals surface area (Å²) in [6.07, 6.45) is 3.41. The van der Waals surface area contributed by atoms with Crippen LogP contribution in [0.4, 0.5) is 0 Å². The van der Waals surface area contributed by atoms with Crippen molar-refractivity contribution in [1.82, 2.24) is 4.90 Å². The average molecular weight is 297 g/mol. The maximum atomic E-state index is 10.1. The van der Waals surface area contributed by atoms with E-state index < -0.39 is 0 Å². The second kappa shape index (κ2) is 8.13. The van der Waals surface area contributed by atoms with Crippen LogP contribution in [0.2, 0.25) is 0 Å². The van der Waals surface area contributed by atoms with Gasteiger partial charge in [-0.25, -0.2) is 0 Å². The molecule has 1 aromatic rings. The van der Waals surface area contributed by atoms with E-state index in [0.717, 1.165) is 19.0 Å². The Kier molecular flexibility index (Phi) is 6.49. The lowest BCUT2D eigenvalue weighted by molar-refractivity contribution is 0.00742. The Morgan fingerprint density at radius 1 is 1.50 bits per heavy atom. The van der Waals surface area contributed by atoms with Crippen LogP contribution in [0.3, 0.4) is 0 Å². The summed E-state index contributed by atoms with van der Waals surface area (Å²) >= 11 is 1.70. The molecular formula is C16H27NO2S. The Balaban J connectivity index is 1.66. The fourth-order valence-electron chi connectivity index (χ4n) is 2.96. The minimum atomic E-state index is -0.372. The molecule has 0 aromatic carbocycles. The number of rotatable bonds is 8. The largest absolute Gasteiger partial charge is 0.389 e. The number of β-amino-alcohol motifs (C(OH)–C–C–N with tert-alkyl or cyclic N) is 1. The van der Waals surface area contributed by atoms with Crippen LogP contribution < -0.4 is 0 Å². The summed E-state index contributed by atoms with van der Waals surface area (Å²) in [5, 5.41) is 12.2. The first-order valence-electron chi connectivity index (χ1n) is 7.67. The second-order valence-corrected chi connectivity index (χ2v) is 7.20. The van der Waals surface area contributed by atoms with E-state index in [4.69, 9.17) is 4.74 Å². The Hall–Kier alpha value is -0.420. The fraction of sp³-hybridized carbons (Fsp3) is 0.750. The number of hydrogen-bond donors (Lipinski definition) is 1. The van der Waals surface area contributed by atoms with E-state index >= 15 is 0 Å². The first-order valence-corrected chi connectivity index (χ1v) is 8.55. The van der Waals surface area contributed by atoms with E-state index in [-0.39, 0.29) is 6.10 Å². The maximum Gasteiger partial charge on any atom is 0.0900 e. The van der Waals surface area contributed by atoms with Crippen molar-refractivity contribution in [3.63, 3.8) is 0 Å². The number of ether oxygens (including phenoxy) is 1. The van der Waals surface area contributed by atoms with E-state index in [2.05, 4.69) is 30.2 Å². The van der Waals surface area contributed by atoms with Crippen LogP contribution in [0.15, 0.2) is 17.5 Å². The van der Waals surface area contributed by atoms with Crippen molar-refractivity contribution in [3.8, 4) is 0 Å².